The van der Waals surface area contributed by atoms with Gasteiger partial charge in [0.2, 0.25) is 22.2 Å². The minimum atomic E-state index is -0.626. The molecule has 3 aromatic rings. The fourth-order valence-electron chi connectivity index (χ4n) is 2.44. The Balaban J connectivity index is 1.33. The first kappa shape index (κ1) is 20.3. The first-order valence-corrected chi connectivity index (χ1v) is 11.0. The van der Waals surface area contributed by atoms with Crippen molar-refractivity contribution in [3.8, 4) is 5.75 Å². The van der Waals surface area contributed by atoms with E-state index in [1.165, 1.54) is 29.2 Å². The van der Waals surface area contributed by atoms with Crippen LogP contribution in [0.1, 0.15) is 34.5 Å². The average Bonchev–Trinajstić information content (AvgIpc) is 3.49. The predicted molar refractivity (Wildman–Crippen MR) is 112 cm³/mol. The van der Waals surface area contributed by atoms with E-state index >= 15 is 0 Å². The normalized spacial score (nSPS) is 13.1. The lowest BCUT2D eigenvalue weighted by atomic mass is 10.1. The second-order valence-corrected chi connectivity index (χ2v) is 8.96. The molecule has 154 valence electrons. The molecule has 10 heteroatoms. The summed E-state index contributed by atoms with van der Waals surface area (Å²) < 4.78 is 11.2. The number of aryl methyl sites for hydroxylation is 1. The second kappa shape index (κ2) is 8.80. The van der Waals surface area contributed by atoms with Crippen molar-refractivity contribution in [2.75, 3.05) is 5.32 Å². The van der Waals surface area contributed by atoms with E-state index in [-0.39, 0.29) is 17.6 Å². The molecule has 2 heterocycles. The third kappa shape index (κ3) is 5.14. The van der Waals surface area contributed by atoms with E-state index < -0.39 is 11.4 Å². The number of amides is 1. The lowest BCUT2D eigenvalue weighted by Crippen LogP contribution is -2.14. The van der Waals surface area contributed by atoms with Crippen molar-refractivity contribution in [2.24, 2.45) is 5.92 Å². The Bertz CT molecular complexity index is 1140. The Morgan fingerprint density at radius 1 is 1.27 bits per heavy atom. The maximum absolute atomic E-state index is 12.2. The molecule has 8 nitrogen and oxygen atoms in total. The number of rotatable bonds is 7. The third-order valence-corrected chi connectivity index (χ3v) is 6.26. The van der Waals surface area contributed by atoms with Crippen LogP contribution in [-0.4, -0.2) is 22.1 Å². The maximum Gasteiger partial charge on any atom is 0.343 e. The standard InChI is InChI=1S/C20H17N3O5S2/c1-11-2-4-13(5-3-11)18(26)28-16-9-27-14(8-15(16)24)10-29-20-23-22-19(30-20)21-17(25)12-6-7-12/h2-5,8-9,12H,6-7,10H2,1H3,(H,21,22,25). The van der Waals surface area contributed by atoms with Crippen molar-refractivity contribution in [3.63, 3.8) is 0 Å². The molecule has 1 saturated carbocycles. The number of nitrogens with one attached hydrogen (secondary N) is 1. The molecule has 1 aliphatic rings. The van der Waals surface area contributed by atoms with Crippen LogP contribution in [0.25, 0.3) is 0 Å². The summed E-state index contributed by atoms with van der Waals surface area (Å²) in [5, 5.41) is 11.2. The predicted octanol–water partition coefficient (Wildman–Crippen LogP) is 3.66. The van der Waals surface area contributed by atoms with Gasteiger partial charge in [-0.25, -0.2) is 4.79 Å². The van der Waals surface area contributed by atoms with Crippen LogP contribution < -0.4 is 15.5 Å². The van der Waals surface area contributed by atoms with Crippen molar-refractivity contribution in [2.45, 2.75) is 29.9 Å². The number of carbonyl (C=O) groups is 2. The SMILES string of the molecule is Cc1ccc(C(=O)Oc2coc(CSc3nnc(NC(=O)C4CC4)s3)cc2=O)cc1. The van der Waals surface area contributed by atoms with Crippen LogP contribution in [0.15, 0.2) is 50.1 Å². The fourth-order valence-corrected chi connectivity index (χ4v) is 4.09. The maximum atomic E-state index is 12.2. The first-order valence-electron chi connectivity index (χ1n) is 9.15. The molecule has 1 amide bonds. The van der Waals surface area contributed by atoms with Gasteiger partial charge in [-0.3, -0.25) is 9.59 Å². The molecule has 0 unspecified atom stereocenters. The Morgan fingerprint density at radius 3 is 2.73 bits per heavy atom. The molecule has 0 bridgehead atoms. The molecule has 30 heavy (non-hydrogen) atoms. The molecule has 0 radical (unpaired) electrons. The van der Waals surface area contributed by atoms with Crippen LogP contribution in [0, 0.1) is 12.8 Å². The lowest BCUT2D eigenvalue weighted by Gasteiger charge is -2.04. The zero-order chi connectivity index (χ0) is 21.1. The van der Waals surface area contributed by atoms with Crippen LogP contribution in [0.4, 0.5) is 5.13 Å². The van der Waals surface area contributed by atoms with Gasteiger partial charge in [0.15, 0.2) is 4.34 Å². The second-order valence-electron chi connectivity index (χ2n) is 6.76. The number of aromatic nitrogens is 2. The van der Waals surface area contributed by atoms with Crippen LogP contribution in [-0.2, 0) is 10.5 Å². The van der Waals surface area contributed by atoms with Gasteiger partial charge in [-0.1, -0.05) is 40.8 Å². The van der Waals surface area contributed by atoms with E-state index in [9.17, 15) is 14.4 Å². The highest BCUT2D eigenvalue weighted by Gasteiger charge is 2.30. The number of carbonyl (C=O) groups excluding carboxylic acids is 2. The molecular formula is C20H17N3O5S2. The molecule has 2 aromatic heterocycles. The van der Waals surface area contributed by atoms with Crippen LogP contribution in [0.3, 0.4) is 0 Å². The molecule has 4 rings (SSSR count). The summed E-state index contributed by atoms with van der Waals surface area (Å²) in [6.07, 6.45) is 2.97. The minimum Gasteiger partial charge on any atom is -0.464 e. The quantitative estimate of drug-likeness (QED) is 0.335. The van der Waals surface area contributed by atoms with E-state index in [0.29, 0.717) is 26.5 Å². The van der Waals surface area contributed by atoms with Crippen molar-refractivity contribution in [1.82, 2.24) is 10.2 Å². The van der Waals surface area contributed by atoms with E-state index in [2.05, 4.69) is 15.5 Å². The zero-order valence-corrected chi connectivity index (χ0v) is 17.5. The van der Waals surface area contributed by atoms with Gasteiger partial charge in [-0.05, 0) is 31.9 Å². The van der Waals surface area contributed by atoms with Crippen molar-refractivity contribution < 1.29 is 18.7 Å². The van der Waals surface area contributed by atoms with Crippen molar-refractivity contribution in [3.05, 3.63) is 63.7 Å². The highest BCUT2D eigenvalue weighted by Crippen LogP contribution is 2.32. The molecule has 0 spiro atoms. The highest BCUT2D eigenvalue weighted by atomic mass is 32.2. The fraction of sp³-hybridized carbons (Fsp3) is 0.250. The smallest absolute Gasteiger partial charge is 0.343 e. The molecular weight excluding hydrogens is 426 g/mol. The molecule has 0 atom stereocenters. The molecule has 0 aliphatic heterocycles. The number of thioether (sulfide) groups is 1. The summed E-state index contributed by atoms with van der Waals surface area (Å²) in [4.78, 5) is 36.1. The number of hydrogen-bond acceptors (Lipinski definition) is 9. The van der Waals surface area contributed by atoms with Gasteiger partial charge in [0, 0.05) is 12.0 Å². The van der Waals surface area contributed by atoms with E-state index in [1.54, 1.807) is 24.3 Å². The summed E-state index contributed by atoms with van der Waals surface area (Å²) in [6, 6.07) is 8.12. The first-order chi connectivity index (χ1) is 14.5. The van der Waals surface area contributed by atoms with Crippen molar-refractivity contribution >= 4 is 40.1 Å². The number of anilines is 1. The van der Waals surface area contributed by atoms with Gasteiger partial charge in [0.25, 0.3) is 0 Å². The monoisotopic (exact) mass is 443 g/mol. The Hall–Kier alpha value is -2.98. The third-order valence-electron chi connectivity index (χ3n) is 4.26. The summed E-state index contributed by atoms with van der Waals surface area (Å²) in [5.41, 5.74) is 0.910. The summed E-state index contributed by atoms with van der Waals surface area (Å²) in [5.74, 6) is 0.0164. The van der Waals surface area contributed by atoms with Gasteiger partial charge in [-0.2, -0.15) is 0 Å². The van der Waals surface area contributed by atoms with E-state index in [4.69, 9.17) is 9.15 Å². The molecule has 1 fully saturated rings. The lowest BCUT2D eigenvalue weighted by molar-refractivity contribution is -0.117. The molecule has 1 aromatic carbocycles. The van der Waals surface area contributed by atoms with Gasteiger partial charge in [-0.15, -0.1) is 10.2 Å². The van der Waals surface area contributed by atoms with Crippen LogP contribution in [0.2, 0.25) is 0 Å². The van der Waals surface area contributed by atoms with E-state index in [1.807, 2.05) is 6.92 Å². The summed E-state index contributed by atoms with van der Waals surface area (Å²) in [7, 11) is 0. The zero-order valence-electron chi connectivity index (χ0n) is 15.9. The van der Waals surface area contributed by atoms with Crippen LogP contribution >= 0.6 is 23.1 Å². The average molecular weight is 444 g/mol. The van der Waals surface area contributed by atoms with Crippen molar-refractivity contribution in [1.29, 1.82) is 0 Å². The van der Waals surface area contributed by atoms with E-state index in [0.717, 1.165) is 24.7 Å². The van der Waals surface area contributed by atoms with Gasteiger partial charge >= 0.3 is 5.97 Å². The number of nitrogens with zero attached hydrogens (tertiary/aromatic N) is 2. The number of esters is 1. The number of ether oxygens (including phenoxy) is 1. The molecule has 1 N–H and O–H groups in total. The molecule has 1 aliphatic carbocycles. The topological polar surface area (TPSA) is 111 Å². The van der Waals surface area contributed by atoms with Gasteiger partial charge < -0.3 is 14.5 Å². The number of benzene rings is 1. The molecule has 0 saturated heterocycles. The summed E-state index contributed by atoms with van der Waals surface area (Å²) in [6.45, 7) is 1.91. The minimum absolute atomic E-state index is 0.0236. The Kier molecular flexibility index (Phi) is 5.96. The Morgan fingerprint density at radius 2 is 2.03 bits per heavy atom. The van der Waals surface area contributed by atoms with Gasteiger partial charge in [0.05, 0.1) is 11.3 Å². The summed E-state index contributed by atoms with van der Waals surface area (Å²) >= 11 is 2.58. The highest BCUT2D eigenvalue weighted by molar-refractivity contribution is 8.00. The van der Waals surface area contributed by atoms with Crippen LogP contribution in [0.5, 0.6) is 5.75 Å². The Labute approximate surface area is 179 Å². The largest absolute Gasteiger partial charge is 0.464 e. The van der Waals surface area contributed by atoms with Gasteiger partial charge in [0.1, 0.15) is 12.0 Å². The number of hydrogen-bond donors (Lipinski definition) is 1.